The number of hydrogen-bond donors (Lipinski definition) is 1. The maximum atomic E-state index is 12.6. The molecule has 0 aliphatic heterocycles. The van der Waals surface area contributed by atoms with Crippen LogP contribution in [0.25, 0.3) is 0 Å². The number of ether oxygens (including phenoxy) is 2. The highest BCUT2D eigenvalue weighted by atomic mass is 35.5. The van der Waals surface area contributed by atoms with E-state index in [1.54, 1.807) is 35.2 Å². The van der Waals surface area contributed by atoms with E-state index in [0.29, 0.717) is 10.7 Å². The molecule has 0 fully saturated rings. The number of hydrogen-bond acceptors (Lipinski definition) is 7. The summed E-state index contributed by atoms with van der Waals surface area (Å²) in [6.45, 7) is 0.290. The molecule has 0 aliphatic rings. The molecule has 3 rings (SSSR count). The molecule has 1 amide bonds. The number of halogens is 1. The Morgan fingerprint density at radius 1 is 1.31 bits per heavy atom. The van der Waals surface area contributed by atoms with Gasteiger partial charge in [-0.25, -0.2) is 4.98 Å². The Hall–Kier alpha value is -3.17. The zero-order valence-corrected chi connectivity index (χ0v) is 16.8. The van der Waals surface area contributed by atoms with E-state index < -0.39 is 10.8 Å². The molecule has 0 bridgehead atoms. The van der Waals surface area contributed by atoms with Gasteiger partial charge in [-0.15, -0.1) is 11.3 Å². The van der Waals surface area contributed by atoms with Gasteiger partial charge in [0.25, 0.3) is 11.6 Å². The maximum Gasteiger partial charge on any atom is 0.286 e. The molecule has 3 aromatic rings. The molecule has 0 spiro atoms. The van der Waals surface area contributed by atoms with Crippen molar-refractivity contribution >= 4 is 34.5 Å². The van der Waals surface area contributed by atoms with Crippen LogP contribution in [0.2, 0.25) is 5.02 Å². The van der Waals surface area contributed by atoms with Crippen molar-refractivity contribution < 1.29 is 19.2 Å². The fourth-order valence-electron chi connectivity index (χ4n) is 2.54. The fourth-order valence-corrected chi connectivity index (χ4v) is 3.30. The van der Waals surface area contributed by atoms with Gasteiger partial charge in [-0.1, -0.05) is 23.7 Å². The van der Waals surface area contributed by atoms with Gasteiger partial charge in [0.05, 0.1) is 29.3 Å². The van der Waals surface area contributed by atoms with E-state index >= 15 is 0 Å². The number of amides is 1. The predicted octanol–water partition coefficient (Wildman–Crippen LogP) is 4.22. The first-order chi connectivity index (χ1) is 14.0. The molecule has 1 heterocycles. The lowest BCUT2D eigenvalue weighted by Gasteiger charge is -2.12. The molecule has 29 heavy (non-hydrogen) atoms. The van der Waals surface area contributed by atoms with Gasteiger partial charge in [0, 0.05) is 23.0 Å². The normalized spacial score (nSPS) is 10.4. The van der Waals surface area contributed by atoms with Crippen LogP contribution in [0.4, 0.5) is 5.69 Å². The lowest BCUT2D eigenvalue weighted by molar-refractivity contribution is -0.385. The van der Waals surface area contributed by atoms with E-state index in [2.05, 4.69) is 10.3 Å². The van der Waals surface area contributed by atoms with Gasteiger partial charge in [-0.05, 0) is 17.7 Å². The second kappa shape index (κ2) is 9.35. The molecule has 2 aromatic carbocycles. The van der Waals surface area contributed by atoms with Crippen molar-refractivity contribution in [1.29, 1.82) is 0 Å². The van der Waals surface area contributed by atoms with Crippen molar-refractivity contribution in [2.75, 3.05) is 7.11 Å². The quantitative estimate of drug-likeness (QED) is 0.421. The number of nitrogens with one attached hydrogen (secondary N) is 1. The van der Waals surface area contributed by atoms with Crippen LogP contribution in [0.1, 0.15) is 21.6 Å². The highest BCUT2D eigenvalue weighted by molar-refractivity contribution is 7.07. The monoisotopic (exact) mass is 433 g/mol. The third kappa shape index (κ3) is 5.21. The van der Waals surface area contributed by atoms with Crippen LogP contribution in [-0.2, 0) is 13.2 Å². The van der Waals surface area contributed by atoms with Gasteiger partial charge < -0.3 is 14.8 Å². The number of carbonyl (C=O) groups is 1. The Bertz CT molecular complexity index is 1030. The summed E-state index contributed by atoms with van der Waals surface area (Å²) >= 11 is 7.34. The molecule has 0 aliphatic carbocycles. The number of carbonyl (C=O) groups excluding carboxylic acids is 1. The molecule has 1 aromatic heterocycles. The van der Waals surface area contributed by atoms with Gasteiger partial charge in [-0.2, -0.15) is 0 Å². The topological polar surface area (TPSA) is 104 Å². The predicted molar refractivity (Wildman–Crippen MR) is 109 cm³/mol. The molecule has 0 atom stereocenters. The molecule has 0 saturated carbocycles. The average molecular weight is 434 g/mol. The maximum absolute atomic E-state index is 12.6. The van der Waals surface area contributed by atoms with Gasteiger partial charge in [0.1, 0.15) is 12.2 Å². The number of nitro benzene ring substituents is 1. The SMILES string of the molecule is COc1cc(C(=O)NCc2cccc(Cl)c2)c([N+](=O)[O-])cc1OCc1cscn1. The lowest BCUT2D eigenvalue weighted by atomic mass is 10.1. The first kappa shape index (κ1) is 20.6. The van der Waals surface area contributed by atoms with Crippen LogP contribution in [0.3, 0.4) is 0 Å². The minimum absolute atomic E-state index is 0.122. The summed E-state index contributed by atoms with van der Waals surface area (Å²) in [6, 6.07) is 9.43. The van der Waals surface area contributed by atoms with Crippen molar-refractivity contribution in [3.8, 4) is 11.5 Å². The summed E-state index contributed by atoms with van der Waals surface area (Å²) in [5.41, 5.74) is 2.59. The largest absolute Gasteiger partial charge is 0.493 e. The Morgan fingerprint density at radius 3 is 2.79 bits per heavy atom. The van der Waals surface area contributed by atoms with E-state index in [4.69, 9.17) is 21.1 Å². The molecule has 0 unspecified atom stereocenters. The lowest BCUT2D eigenvalue weighted by Crippen LogP contribution is -2.23. The zero-order valence-electron chi connectivity index (χ0n) is 15.3. The summed E-state index contributed by atoms with van der Waals surface area (Å²) in [5.74, 6) is -0.252. The first-order valence-corrected chi connectivity index (χ1v) is 9.69. The van der Waals surface area contributed by atoms with Crippen LogP contribution < -0.4 is 14.8 Å². The summed E-state index contributed by atoms with van der Waals surface area (Å²) in [4.78, 5) is 27.6. The number of methoxy groups -OCH3 is 1. The van der Waals surface area contributed by atoms with Crippen molar-refractivity contribution in [3.63, 3.8) is 0 Å². The van der Waals surface area contributed by atoms with Crippen molar-refractivity contribution in [3.05, 3.63) is 79.2 Å². The summed E-state index contributed by atoms with van der Waals surface area (Å²) < 4.78 is 10.9. The molecule has 150 valence electrons. The van der Waals surface area contributed by atoms with Crippen LogP contribution in [0.15, 0.2) is 47.3 Å². The van der Waals surface area contributed by atoms with Crippen molar-refractivity contribution in [1.82, 2.24) is 10.3 Å². The highest BCUT2D eigenvalue weighted by Gasteiger charge is 2.25. The zero-order chi connectivity index (χ0) is 20.8. The number of thiazole rings is 1. The third-order valence-electron chi connectivity index (χ3n) is 3.92. The van der Waals surface area contributed by atoms with Crippen LogP contribution >= 0.6 is 22.9 Å². The van der Waals surface area contributed by atoms with E-state index in [1.165, 1.54) is 30.6 Å². The molecule has 0 radical (unpaired) electrons. The third-order valence-corrected chi connectivity index (χ3v) is 4.79. The molecular formula is C19H16ClN3O5S. The van der Waals surface area contributed by atoms with Crippen LogP contribution in [-0.4, -0.2) is 22.9 Å². The highest BCUT2D eigenvalue weighted by Crippen LogP contribution is 2.35. The van der Waals surface area contributed by atoms with Gasteiger partial charge in [-0.3, -0.25) is 14.9 Å². The van der Waals surface area contributed by atoms with Crippen LogP contribution in [0.5, 0.6) is 11.5 Å². The number of nitro groups is 1. The number of aromatic nitrogens is 1. The average Bonchev–Trinajstić information content (AvgIpc) is 3.23. The second-order valence-corrected chi connectivity index (χ2v) is 7.01. The van der Waals surface area contributed by atoms with E-state index in [1.807, 2.05) is 0 Å². The van der Waals surface area contributed by atoms with Crippen molar-refractivity contribution in [2.24, 2.45) is 0 Å². The summed E-state index contributed by atoms with van der Waals surface area (Å²) in [7, 11) is 1.39. The van der Waals surface area contributed by atoms with E-state index in [0.717, 1.165) is 5.56 Å². The first-order valence-electron chi connectivity index (χ1n) is 8.37. The Labute approximate surface area is 175 Å². The number of nitrogens with zero attached hydrogens (tertiary/aromatic N) is 2. The Morgan fingerprint density at radius 2 is 2.14 bits per heavy atom. The second-order valence-electron chi connectivity index (χ2n) is 5.86. The molecular weight excluding hydrogens is 418 g/mol. The molecule has 10 heteroatoms. The van der Waals surface area contributed by atoms with Crippen molar-refractivity contribution in [2.45, 2.75) is 13.2 Å². The molecule has 8 nitrogen and oxygen atoms in total. The number of rotatable bonds is 8. The standard InChI is InChI=1S/C19H16ClN3O5S/c1-27-17-6-15(19(24)21-8-12-3-2-4-13(20)5-12)16(23(25)26)7-18(17)28-9-14-10-29-11-22-14/h2-7,10-11H,8-9H2,1H3,(H,21,24). The summed E-state index contributed by atoms with van der Waals surface area (Å²) in [6.07, 6.45) is 0. The fraction of sp³-hybridized carbons (Fsp3) is 0.158. The summed E-state index contributed by atoms with van der Waals surface area (Å²) in [5, 5.41) is 16.5. The smallest absolute Gasteiger partial charge is 0.286 e. The van der Waals surface area contributed by atoms with Crippen LogP contribution in [0, 0.1) is 10.1 Å². The van der Waals surface area contributed by atoms with Gasteiger partial charge >= 0.3 is 0 Å². The van der Waals surface area contributed by atoms with E-state index in [9.17, 15) is 14.9 Å². The molecule has 1 N–H and O–H groups in total. The Balaban J connectivity index is 1.82. The minimum atomic E-state index is -0.635. The van der Waals surface area contributed by atoms with Gasteiger partial charge in [0.15, 0.2) is 11.5 Å². The van der Waals surface area contributed by atoms with Gasteiger partial charge in [0.2, 0.25) is 0 Å². The van der Waals surface area contributed by atoms with E-state index in [-0.39, 0.29) is 35.9 Å². The minimum Gasteiger partial charge on any atom is -0.493 e. The Kier molecular flexibility index (Phi) is 6.63. The molecule has 0 saturated heterocycles. The number of benzene rings is 2.